The lowest BCUT2D eigenvalue weighted by Gasteiger charge is -2.22. The lowest BCUT2D eigenvalue weighted by molar-refractivity contribution is -0.124. The third-order valence-corrected chi connectivity index (χ3v) is 7.84. The van der Waals surface area contributed by atoms with Crippen LogP contribution in [-0.4, -0.2) is 69.6 Å². The molecule has 3 unspecified atom stereocenters. The number of amides is 3. The number of nitrogens with one attached hydrogen (secondary N) is 2. The minimum Gasteiger partial charge on any atom is -0.357 e. The van der Waals surface area contributed by atoms with E-state index in [4.69, 9.17) is 17.3 Å². The van der Waals surface area contributed by atoms with Gasteiger partial charge >= 0.3 is 0 Å². The highest BCUT2D eigenvalue weighted by atomic mass is 35.5. The molecule has 1 saturated heterocycles. The SMILES string of the molecule is CNC(=O)C(C)NC(=O)c1csc([C@@H]2C[C@@H](N)CN2C(=O)C2=NC3C=C(Cl)C=CC3S2)n1. The van der Waals surface area contributed by atoms with Crippen molar-refractivity contribution < 1.29 is 14.4 Å². The Morgan fingerprint density at radius 1 is 1.38 bits per heavy atom. The van der Waals surface area contributed by atoms with E-state index in [-0.39, 0.29) is 40.9 Å². The molecule has 2 aliphatic heterocycles. The van der Waals surface area contributed by atoms with E-state index in [1.807, 2.05) is 18.2 Å². The Bertz CT molecular complexity index is 1040. The Hall–Kier alpha value is -2.21. The van der Waals surface area contributed by atoms with E-state index < -0.39 is 11.9 Å². The Balaban J connectivity index is 1.48. The summed E-state index contributed by atoms with van der Waals surface area (Å²) < 4.78 is 0. The first-order valence-corrected chi connectivity index (χ1v) is 12.2. The number of nitrogens with zero attached hydrogens (tertiary/aromatic N) is 3. The second-order valence-corrected chi connectivity index (χ2v) is 10.3. The molecule has 12 heteroatoms. The summed E-state index contributed by atoms with van der Waals surface area (Å²) in [5, 5.41) is 8.46. The van der Waals surface area contributed by atoms with Gasteiger partial charge in [-0.3, -0.25) is 19.4 Å². The van der Waals surface area contributed by atoms with Crippen LogP contribution in [0.1, 0.15) is 34.9 Å². The molecule has 4 N–H and O–H groups in total. The summed E-state index contributed by atoms with van der Waals surface area (Å²) in [5.74, 6) is -0.928. The van der Waals surface area contributed by atoms with Gasteiger partial charge in [0.2, 0.25) is 5.91 Å². The molecular weight excluding hydrogens is 472 g/mol. The maximum atomic E-state index is 13.3. The normalized spacial score (nSPS) is 27.4. The van der Waals surface area contributed by atoms with Crippen molar-refractivity contribution in [1.82, 2.24) is 20.5 Å². The Labute approximate surface area is 198 Å². The summed E-state index contributed by atoms with van der Waals surface area (Å²) >= 11 is 8.78. The predicted octanol–water partition coefficient (Wildman–Crippen LogP) is 1.18. The number of carbonyl (C=O) groups is 3. The van der Waals surface area contributed by atoms with E-state index in [0.29, 0.717) is 28.0 Å². The molecular formula is C20H23ClN6O3S2. The van der Waals surface area contributed by atoms with Crippen molar-refractivity contribution in [2.24, 2.45) is 10.7 Å². The van der Waals surface area contributed by atoms with Crippen molar-refractivity contribution in [3.05, 3.63) is 39.3 Å². The molecule has 9 nitrogen and oxygen atoms in total. The van der Waals surface area contributed by atoms with E-state index in [1.54, 1.807) is 17.2 Å². The van der Waals surface area contributed by atoms with E-state index in [1.165, 1.54) is 30.1 Å². The average Bonchev–Trinajstić information content (AvgIpc) is 3.49. The minimum atomic E-state index is -0.687. The van der Waals surface area contributed by atoms with Crippen LogP contribution in [0.2, 0.25) is 0 Å². The van der Waals surface area contributed by atoms with Gasteiger partial charge in [-0.1, -0.05) is 29.4 Å². The molecule has 0 radical (unpaired) electrons. The molecule has 3 amide bonds. The van der Waals surface area contributed by atoms with Crippen molar-refractivity contribution in [1.29, 1.82) is 0 Å². The second-order valence-electron chi connectivity index (χ2n) is 7.77. The largest absolute Gasteiger partial charge is 0.357 e. The maximum Gasteiger partial charge on any atom is 0.279 e. The first kappa shape index (κ1) is 23.0. The number of halogens is 1. The molecule has 0 saturated carbocycles. The highest BCUT2D eigenvalue weighted by Crippen LogP contribution is 2.38. The number of hydrogen-bond donors (Lipinski definition) is 3. The van der Waals surface area contributed by atoms with Crippen LogP contribution in [0, 0.1) is 0 Å². The number of carbonyl (C=O) groups excluding carboxylic acids is 3. The molecule has 3 heterocycles. The van der Waals surface area contributed by atoms with Gasteiger partial charge < -0.3 is 21.3 Å². The molecule has 1 aromatic heterocycles. The standard InChI is InChI=1S/C20H23ClN6O3S2/c1-9(16(28)23-2)24-17(29)13-8-31-18(26-13)14-6-11(22)7-27(14)20(30)19-25-12-5-10(21)3-4-15(12)32-19/h3-5,8-9,11-12,14-15H,6-7,22H2,1-2H3,(H,23,28)(H,24,29)/t9?,11-,12?,14+,15?/m1/s1. The minimum absolute atomic E-state index is 0.0589. The van der Waals surface area contributed by atoms with Gasteiger partial charge in [-0.15, -0.1) is 11.3 Å². The Kier molecular flexibility index (Phi) is 6.70. The number of fused-ring (bicyclic) bond motifs is 1. The van der Waals surface area contributed by atoms with Crippen LogP contribution in [0.4, 0.5) is 0 Å². The predicted molar refractivity (Wildman–Crippen MR) is 126 cm³/mol. The lowest BCUT2D eigenvalue weighted by atomic mass is 10.1. The molecule has 0 spiro atoms. The third-order valence-electron chi connectivity index (χ3n) is 5.43. The fourth-order valence-electron chi connectivity index (χ4n) is 3.78. The van der Waals surface area contributed by atoms with Crippen molar-refractivity contribution >= 4 is 57.5 Å². The highest BCUT2D eigenvalue weighted by Gasteiger charge is 2.41. The summed E-state index contributed by atoms with van der Waals surface area (Å²) in [7, 11) is 1.50. The average molecular weight is 495 g/mol. The first-order chi connectivity index (χ1) is 15.3. The van der Waals surface area contributed by atoms with E-state index in [9.17, 15) is 14.4 Å². The summed E-state index contributed by atoms with van der Waals surface area (Å²) in [4.78, 5) is 48.1. The van der Waals surface area contributed by atoms with Crippen molar-refractivity contribution in [2.45, 2.75) is 42.8 Å². The number of allylic oxidation sites excluding steroid dienone is 2. The van der Waals surface area contributed by atoms with Crippen LogP contribution in [0.3, 0.4) is 0 Å². The Morgan fingerprint density at radius 3 is 2.91 bits per heavy atom. The number of hydrogen-bond acceptors (Lipinski definition) is 8. The van der Waals surface area contributed by atoms with Gasteiger partial charge in [0.25, 0.3) is 11.8 Å². The zero-order valence-electron chi connectivity index (χ0n) is 17.4. The molecule has 170 valence electrons. The summed E-state index contributed by atoms with van der Waals surface area (Å²) in [5.41, 5.74) is 6.39. The van der Waals surface area contributed by atoms with E-state index in [2.05, 4.69) is 20.6 Å². The maximum absolute atomic E-state index is 13.3. The number of likely N-dealkylation sites (N-methyl/N-ethyl adjacent to an activating group) is 1. The van der Waals surface area contributed by atoms with Crippen molar-refractivity contribution in [3.63, 3.8) is 0 Å². The number of aliphatic imine (C=N–C) groups is 1. The van der Waals surface area contributed by atoms with Gasteiger partial charge in [-0.05, 0) is 25.5 Å². The number of thioether (sulfide) groups is 1. The smallest absolute Gasteiger partial charge is 0.279 e. The van der Waals surface area contributed by atoms with Gasteiger partial charge in [0.05, 0.1) is 17.3 Å². The van der Waals surface area contributed by atoms with Gasteiger partial charge in [0, 0.05) is 30.0 Å². The molecule has 1 aromatic rings. The van der Waals surface area contributed by atoms with Crippen LogP contribution in [0.25, 0.3) is 0 Å². The zero-order valence-corrected chi connectivity index (χ0v) is 19.8. The number of rotatable bonds is 5. The summed E-state index contributed by atoms with van der Waals surface area (Å²) in [6, 6.07) is -1.36. The number of nitrogens with two attached hydrogens (primary N) is 1. The fraction of sp³-hybridized carbons (Fsp3) is 0.450. The number of thiazole rings is 1. The van der Waals surface area contributed by atoms with Crippen LogP contribution in [0.5, 0.6) is 0 Å². The second kappa shape index (κ2) is 9.34. The summed E-state index contributed by atoms with van der Waals surface area (Å²) in [6.07, 6.45) is 6.17. The molecule has 32 heavy (non-hydrogen) atoms. The van der Waals surface area contributed by atoms with Crippen molar-refractivity contribution in [3.8, 4) is 0 Å². The number of likely N-dealkylation sites (tertiary alicyclic amines) is 1. The third kappa shape index (κ3) is 4.61. The van der Waals surface area contributed by atoms with Crippen LogP contribution >= 0.6 is 34.7 Å². The van der Waals surface area contributed by atoms with E-state index >= 15 is 0 Å². The molecule has 1 aliphatic carbocycles. The highest BCUT2D eigenvalue weighted by molar-refractivity contribution is 8.16. The van der Waals surface area contributed by atoms with Crippen LogP contribution in [0.15, 0.2) is 33.6 Å². The quantitative estimate of drug-likeness (QED) is 0.563. The molecule has 0 bridgehead atoms. The van der Waals surface area contributed by atoms with Gasteiger partial charge in [-0.25, -0.2) is 4.98 Å². The fourth-order valence-corrected chi connectivity index (χ4v) is 6.00. The number of aromatic nitrogens is 1. The zero-order chi connectivity index (χ0) is 23.0. The topological polar surface area (TPSA) is 130 Å². The van der Waals surface area contributed by atoms with Gasteiger partial charge in [0.15, 0.2) is 5.04 Å². The molecule has 1 fully saturated rings. The Morgan fingerprint density at radius 2 is 2.16 bits per heavy atom. The lowest BCUT2D eigenvalue weighted by Crippen LogP contribution is -2.43. The van der Waals surface area contributed by atoms with Gasteiger partial charge in [0.1, 0.15) is 16.7 Å². The molecule has 4 rings (SSSR count). The molecule has 5 atom stereocenters. The molecule has 3 aliphatic rings. The van der Waals surface area contributed by atoms with E-state index in [0.717, 1.165) is 0 Å². The monoisotopic (exact) mass is 494 g/mol. The summed E-state index contributed by atoms with van der Waals surface area (Å²) in [6.45, 7) is 1.98. The van der Waals surface area contributed by atoms with Gasteiger partial charge in [-0.2, -0.15) is 0 Å². The van der Waals surface area contributed by atoms with Crippen LogP contribution < -0.4 is 16.4 Å². The van der Waals surface area contributed by atoms with Crippen LogP contribution in [-0.2, 0) is 9.59 Å². The first-order valence-electron chi connectivity index (χ1n) is 10.1. The van der Waals surface area contributed by atoms with Crippen molar-refractivity contribution in [2.75, 3.05) is 13.6 Å². The molecule has 0 aromatic carbocycles.